The number of benzene rings is 1. The first-order chi connectivity index (χ1) is 6.24. The van der Waals surface area contributed by atoms with Crippen LogP contribution in [0.1, 0.15) is 5.56 Å². The SMILES string of the molecule is N#CCNCc1cc(F)ccc1Br. The summed E-state index contributed by atoms with van der Waals surface area (Å²) in [5.41, 5.74) is 0.815. The fraction of sp³-hybridized carbons (Fsp3) is 0.222. The molecule has 13 heavy (non-hydrogen) atoms. The fourth-order valence-electron chi connectivity index (χ4n) is 0.932. The van der Waals surface area contributed by atoms with Crippen molar-refractivity contribution in [3.05, 3.63) is 34.1 Å². The molecular weight excluding hydrogens is 235 g/mol. The lowest BCUT2D eigenvalue weighted by molar-refractivity contribution is 0.622. The van der Waals surface area contributed by atoms with Crippen LogP contribution in [0.4, 0.5) is 4.39 Å². The molecule has 4 heteroatoms. The minimum absolute atomic E-state index is 0.267. The lowest BCUT2D eigenvalue weighted by Gasteiger charge is -2.03. The van der Waals surface area contributed by atoms with Crippen LogP contribution in [0.25, 0.3) is 0 Å². The van der Waals surface area contributed by atoms with E-state index < -0.39 is 0 Å². The third-order valence-electron chi connectivity index (χ3n) is 1.53. The van der Waals surface area contributed by atoms with Crippen LogP contribution in [0.5, 0.6) is 0 Å². The molecule has 2 nitrogen and oxygen atoms in total. The second-order valence-corrected chi connectivity index (χ2v) is 3.35. The van der Waals surface area contributed by atoms with Crippen LogP contribution < -0.4 is 5.32 Å². The van der Waals surface area contributed by atoms with Gasteiger partial charge < -0.3 is 5.32 Å². The Kier molecular flexibility index (Phi) is 3.87. The highest BCUT2D eigenvalue weighted by Crippen LogP contribution is 2.17. The molecule has 0 aliphatic heterocycles. The van der Waals surface area contributed by atoms with Crippen molar-refractivity contribution in [2.75, 3.05) is 6.54 Å². The van der Waals surface area contributed by atoms with Crippen LogP contribution in [0, 0.1) is 17.1 Å². The van der Waals surface area contributed by atoms with Gasteiger partial charge in [0.25, 0.3) is 0 Å². The van der Waals surface area contributed by atoms with E-state index in [0.717, 1.165) is 10.0 Å². The first kappa shape index (κ1) is 10.2. The van der Waals surface area contributed by atoms with Gasteiger partial charge in [0.1, 0.15) is 5.82 Å². The first-order valence-electron chi connectivity index (χ1n) is 3.75. The van der Waals surface area contributed by atoms with E-state index in [2.05, 4.69) is 21.2 Å². The zero-order valence-corrected chi connectivity index (χ0v) is 8.44. The molecule has 0 aliphatic rings. The summed E-state index contributed by atoms with van der Waals surface area (Å²) in [6, 6.07) is 6.43. The van der Waals surface area contributed by atoms with Gasteiger partial charge in [-0.15, -0.1) is 0 Å². The van der Waals surface area contributed by atoms with E-state index in [9.17, 15) is 4.39 Å². The molecular formula is C9H8BrFN2. The number of rotatable bonds is 3. The summed E-state index contributed by atoms with van der Waals surface area (Å²) in [5, 5.41) is 11.1. The van der Waals surface area contributed by atoms with Gasteiger partial charge in [0.05, 0.1) is 12.6 Å². The number of halogens is 2. The molecule has 0 amide bonds. The van der Waals surface area contributed by atoms with Crippen molar-refractivity contribution in [2.45, 2.75) is 6.54 Å². The Bertz CT molecular complexity index is 333. The standard InChI is InChI=1S/C9H8BrFN2/c10-9-2-1-8(11)5-7(9)6-13-4-3-12/h1-2,5,13H,4,6H2. The van der Waals surface area contributed by atoms with Crippen molar-refractivity contribution in [3.63, 3.8) is 0 Å². The smallest absolute Gasteiger partial charge is 0.123 e. The van der Waals surface area contributed by atoms with E-state index in [4.69, 9.17) is 5.26 Å². The van der Waals surface area contributed by atoms with Crippen LogP contribution in [-0.2, 0) is 6.54 Å². The molecule has 1 N–H and O–H groups in total. The van der Waals surface area contributed by atoms with E-state index in [0.29, 0.717) is 6.54 Å². The topological polar surface area (TPSA) is 35.8 Å². The molecule has 0 spiro atoms. The van der Waals surface area contributed by atoms with Crippen molar-refractivity contribution in [3.8, 4) is 6.07 Å². The van der Waals surface area contributed by atoms with Crippen LogP contribution >= 0.6 is 15.9 Å². The highest BCUT2D eigenvalue weighted by atomic mass is 79.9. The van der Waals surface area contributed by atoms with Crippen molar-refractivity contribution in [1.29, 1.82) is 5.26 Å². The molecule has 0 radical (unpaired) electrons. The van der Waals surface area contributed by atoms with E-state index in [1.165, 1.54) is 12.1 Å². The van der Waals surface area contributed by atoms with Crippen molar-refractivity contribution in [1.82, 2.24) is 5.32 Å². The highest BCUT2D eigenvalue weighted by molar-refractivity contribution is 9.10. The van der Waals surface area contributed by atoms with Crippen LogP contribution in [0.3, 0.4) is 0 Å². The van der Waals surface area contributed by atoms with E-state index in [1.807, 2.05) is 6.07 Å². The maximum Gasteiger partial charge on any atom is 0.123 e. The summed E-state index contributed by atoms with van der Waals surface area (Å²) >= 11 is 3.29. The minimum Gasteiger partial charge on any atom is -0.300 e. The highest BCUT2D eigenvalue weighted by Gasteiger charge is 2.00. The first-order valence-corrected chi connectivity index (χ1v) is 4.55. The molecule has 1 aromatic carbocycles. The van der Waals surface area contributed by atoms with Crippen LogP contribution in [-0.4, -0.2) is 6.54 Å². The number of nitrogens with one attached hydrogen (secondary N) is 1. The van der Waals surface area contributed by atoms with Gasteiger partial charge in [0.2, 0.25) is 0 Å². The second-order valence-electron chi connectivity index (χ2n) is 2.50. The zero-order valence-electron chi connectivity index (χ0n) is 6.85. The monoisotopic (exact) mass is 242 g/mol. The maximum absolute atomic E-state index is 12.7. The normalized spacial score (nSPS) is 9.62. The van der Waals surface area contributed by atoms with E-state index >= 15 is 0 Å². The van der Waals surface area contributed by atoms with Gasteiger partial charge >= 0.3 is 0 Å². The molecule has 0 aliphatic carbocycles. The Labute approximate surface area is 84.5 Å². The number of hydrogen-bond acceptors (Lipinski definition) is 2. The van der Waals surface area contributed by atoms with E-state index in [-0.39, 0.29) is 12.4 Å². The number of nitriles is 1. The lowest BCUT2D eigenvalue weighted by atomic mass is 10.2. The molecule has 0 heterocycles. The van der Waals surface area contributed by atoms with Gasteiger partial charge in [-0.2, -0.15) is 5.26 Å². The Morgan fingerprint density at radius 3 is 3.00 bits per heavy atom. The van der Waals surface area contributed by atoms with Gasteiger partial charge in [-0.3, -0.25) is 0 Å². The summed E-state index contributed by atoms with van der Waals surface area (Å²) < 4.78 is 13.6. The van der Waals surface area contributed by atoms with Gasteiger partial charge in [-0.25, -0.2) is 4.39 Å². The Hall–Kier alpha value is -0.920. The third-order valence-corrected chi connectivity index (χ3v) is 2.30. The molecule has 1 aromatic rings. The van der Waals surface area contributed by atoms with E-state index in [1.54, 1.807) is 6.07 Å². The van der Waals surface area contributed by atoms with Gasteiger partial charge in [0.15, 0.2) is 0 Å². The minimum atomic E-state index is -0.267. The molecule has 0 saturated carbocycles. The Balaban J connectivity index is 2.65. The lowest BCUT2D eigenvalue weighted by Crippen LogP contribution is -2.13. The Morgan fingerprint density at radius 2 is 2.31 bits per heavy atom. The zero-order chi connectivity index (χ0) is 9.68. The number of hydrogen-bond donors (Lipinski definition) is 1. The molecule has 0 fully saturated rings. The average Bonchev–Trinajstić information content (AvgIpc) is 2.11. The summed E-state index contributed by atoms with van der Waals surface area (Å²) in [6.45, 7) is 0.759. The molecule has 0 saturated heterocycles. The largest absolute Gasteiger partial charge is 0.300 e. The molecule has 0 unspecified atom stereocenters. The summed E-state index contributed by atoms with van der Waals surface area (Å²) in [4.78, 5) is 0. The van der Waals surface area contributed by atoms with Crippen molar-refractivity contribution < 1.29 is 4.39 Å². The van der Waals surface area contributed by atoms with Crippen molar-refractivity contribution in [2.24, 2.45) is 0 Å². The predicted octanol–water partition coefficient (Wildman–Crippen LogP) is 2.20. The van der Waals surface area contributed by atoms with Gasteiger partial charge in [-0.05, 0) is 23.8 Å². The number of nitrogens with zero attached hydrogens (tertiary/aromatic N) is 1. The predicted molar refractivity (Wildman–Crippen MR) is 51.4 cm³/mol. The molecule has 68 valence electrons. The van der Waals surface area contributed by atoms with Gasteiger partial charge in [-0.1, -0.05) is 15.9 Å². The maximum atomic E-state index is 12.7. The van der Waals surface area contributed by atoms with Crippen LogP contribution in [0.15, 0.2) is 22.7 Å². The average molecular weight is 243 g/mol. The van der Waals surface area contributed by atoms with Gasteiger partial charge in [0, 0.05) is 11.0 Å². The molecule has 0 aromatic heterocycles. The van der Waals surface area contributed by atoms with Crippen molar-refractivity contribution >= 4 is 15.9 Å². The fourth-order valence-corrected chi connectivity index (χ4v) is 1.32. The molecule has 0 bridgehead atoms. The summed E-state index contributed by atoms with van der Waals surface area (Å²) in [6.07, 6.45) is 0. The molecule has 1 rings (SSSR count). The Morgan fingerprint density at radius 1 is 1.54 bits per heavy atom. The summed E-state index contributed by atoms with van der Waals surface area (Å²) in [5.74, 6) is -0.267. The summed E-state index contributed by atoms with van der Waals surface area (Å²) in [7, 11) is 0. The molecule has 0 atom stereocenters. The third kappa shape index (κ3) is 3.13. The quantitative estimate of drug-likeness (QED) is 0.652. The van der Waals surface area contributed by atoms with Crippen LogP contribution in [0.2, 0.25) is 0 Å². The second kappa shape index (κ2) is 4.95.